The summed E-state index contributed by atoms with van der Waals surface area (Å²) >= 11 is 0. The fourth-order valence-electron chi connectivity index (χ4n) is 2.12. The minimum atomic E-state index is 0.321. The molecule has 0 radical (unpaired) electrons. The SMILES string of the molecule is COc1cccc(COc2nc3ccccn3c2C=O)c1. The first-order chi connectivity index (χ1) is 10.3. The van der Waals surface area contributed by atoms with Crippen LogP contribution in [0.2, 0.25) is 0 Å². The van der Waals surface area contributed by atoms with Crippen LogP contribution in [0.25, 0.3) is 5.65 Å². The van der Waals surface area contributed by atoms with Gasteiger partial charge in [0.25, 0.3) is 0 Å². The first kappa shape index (κ1) is 13.2. The lowest BCUT2D eigenvalue weighted by Gasteiger charge is -2.05. The Labute approximate surface area is 121 Å². The number of aldehydes is 1. The molecule has 3 rings (SSSR count). The molecule has 2 aromatic heterocycles. The normalized spacial score (nSPS) is 10.5. The van der Waals surface area contributed by atoms with Crippen LogP contribution in [0, 0.1) is 0 Å². The highest BCUT2D eigenvalue weighted by molar-refractivity contribution is 5.78. The molecule has 0 N–H and O–H groups in total. The Hall–Kier alpha value is -2.82. The van der Waals surface area contributed by atoms with Crippen molar-refractivity contribution in [3.8, 4) is 11.6 Å². The maximum atomic E-state index is 11.3. The number of pyridine rings is 1. The van der Waals surface area contributed by atoms with E-state index in [-0.39, 0.29) is 0 Å². The van der Waals surface area contributed by atoms with Crippen LogP contribution in [0.4, 0.5) is 0 Å². The molecular weight excluding hydrogens is 268 g/mol. The van der Waals surface area contributed by atoms with Crippen molar-refractivity contribution < 1.29 is 14.3 Å². The van der Waals surface area contributed by atoms with E-state index >= 15 is 0 Å². The third-order valence-electron chi connectivity index (χ3n) is 3.15. The summed E-state index contributed by atoms with van der Waals surface area (Å²) in [6.45, 7) is 0.321. The lowest BCUT2D eigenvalue weighted by atomic mass is 10.2. The molecule has 21 heavy (non-hydrogen) atoms. The van der Waals surface area contributed by atoms with Gasteiger partial charge in [0, 0.05) is 6.20 Å². The molecule has 0 amide bonds. The van der Waals surface area contributed by atoms with Crippen LogP contribution in [0.15, 0.2) is 48.7 Å². The number of aromatic nitrogens is 2. The van der Waals surface area contributed by atoms with Gasteiger partial charge in [0.1, 0.15) is 23.7 Å². The Kier molecular flexibility index (Phi) is 3.55. The van der Waals surface area contributed by atoms with E-state index in [0.717, 1.165) is 17.6 Å². The molecule has 0 fully saturated rings. The molecule has 0 saturated carbocycles. The van der Waals surface area contributed by atoms with Crippen LogP contribution in [-0.4, -0.2) is 22.8 Å². The second kappa shape index (κ2) is 5.66. The average molecular weight is 282 g/mol. The summed E-state index contributed by atoms with van der Waals surface area (Å²) in [6.07, 6.45) is 2.53. The molecule has 106 valence electrons. The van der Waals surface area contributed by atoms with Crippen molar-refractivity contribution in [1.82, 2.24) is 9.38 Å². The number of rotatable bonds is 5. The fraction of sp³-hybridized carbons (Fsp3) is 0.125. The van der Waals surface area contributed by atoms with Crippen molar-refractivity contribution >= 4 is 11.9 Å². The number of ether oxygens (including phenoxy) is 2. The maximum absolute atomic E-state index is 11.3. The van der Waals surface area contributed by atoms with Crippen LogP contribution in [0.5, 0.6) is 11.6 Å². The number of benzene rings is 1. The number of methoxy groups -OCH3 is 1. The van der Waals surface area contributed by atoms with Gasteiger partial charge in [-0.05, 0) is 29.8 Å². The number of hydrogen-bond donors (Lipinski definition) is 0. The van der Waals surface area contributed by atoms with Crippen LogP contribution >= 0.6 is 0 Å². The molecular formula is C16H14N2O3. The quantitative estimate of drug-likeness (QED) is 0.675. The van der Waals surface area contributed by atoms with Gasteiger partial charge in [0.2, 0.25) is 5.88 Å². The second-order valence-electron chi connectivity index (χ2n) is 4.49. The number of hydrogen-bond acceptors (Lipinski definition) is 4. The minimum Gasteiger partial charge on any atom is -0.497 e. The van der Waals surface area contributed by atoms with Crippen molar-refractivity contribution in [2.24, 2.45) is 0 Å². The Balaban J connectivity index is 1.86. The Morgan fingerprint density at radius 3 is 2.95 bits per heavy atom. The third kappa shape index (κ3) is 2.58. The molecule has 5 nitrogen and oxygen atoms in total. The van der Waals surface area contributed by atoms with Gasteiger partial charge in [-0.2, -0.15) is 4.98 Å². The van der Waals surface area contributed by atoms with E-state index in [0.29, 0.717) is 23.8 Å². The van der Waals surface area contributed by atoms with E-state index in [1.807, 2.05) is 42.5 Å². The summed E-state index contributed by atoms with van der Waals surface area (Å²) in [5.41, 5.74) is 2.04. The molecule has 2 heterocycles. The summed E-state index contributed by atoms with van der Waals surface area (Å²) in [6, 6.07) is 13.1. The zero-order valence-corrected chi connectivity index (χ0v) is 11.5. The number of fused-ring (bicyclic) bond motifs is 1. The van der Waals surface area contributed by atoms with Gasteiger partial charge in [-0.25, -0.2) is 0 Å². The van der Waals surface area contributed by atoms with E-state index in [1.54, 1.807) is 17.7 Å². The molecule has 0 aliphatic heterocycles. The van der Waals surface area contributed by atoms with Gasteiger partial charge < -0.3 is 9.47 Å². The summed E-state index contributed by atoms with van der Waals surface area (Å²) in [4.78, 5) is 15.6. The van der Waals surface area contributed by atoms with Crippen LogP contribution in [-0.2, 0) is 6.61 Å². The minimum absolute atomic E-state index is 0.321. The molecule has 0 atom stereocenters. The Morgan fingerprint density at radius 2 is 2.14 bits per heavy atom. The monoisotopic (exact) mass is 282 g/mol. The second-order valence-corrected chi connectivity index (χ2v) is 4.49. The van der Waals surface area contributed by atoms with E-state index in [9.17, 15) is 4.79 Å². The average Bonchev–Trinajstić information content (AvgIpc) is 2.90. The summed E-state index contributed by atoms with van der Waals surface area (Å²) in [5, 5.41) is 0. The maximum Gasteiger partial charge on any atom is 0.244 e. The zero-order valence-electron chi connectivity index (χ0n) is 11.5. The predicted octanol–water partition coefficient (Wildman–Crippen LogP) is 2.73. The van der Waals surface area contributed by atoms with Gasteiger partial charge in [-0.15, -0.1) is 0 Å². The van der Waals surface area contributed by atoms with Crippen LogP contribution < -0.4 is 9.47 Å². The Bertz CT molecular complexity index is 780. The molecule has 0 bridgehead atoms. The highest BCUT2D eigenvalue weighted by atomic mass is 16.5. The molecule has 0 saturated heterocycles. The van der Waals surface area contributed by atoms with Crippen molar-refractivity contribution in [3.63, 3.8) is 0 Å². The number of carbonyl (C=O) groups is 1. The van der Waals surface area contributed by atoms with E-state index < -0.39 is 0 Å². The zero-order chi connectivity index (χ0) is 14.7. The lowest BCUT2D eigenvalue weighted by molar-refractivity contribution is 0.111. The van der Waals surface area contributed by atoms with Gasteiger partial charge in [0.05, 0.1) is 7.11 Å². The number of nitrogens with zero attached hydrogens (tertiary/aromatic N) is 2. The van der Waals surface area contributed by atoms with Crippen LogP contribution in [0.3, 0.4) is 0 Å². The van der Waals surface area contributed by atoms with Gasteiger partial charge in [0.15, 0.2) is 6.29 Å². The van der Waals surface area contributed by atoms with Gasteiger partial charge >= 0.3 is 0 Å². The van der Waals surface area contributed by atoms with E-state index in [4.69, 9.17) is 9.47 Å². The van der Waals surface area contributed by atoms with Gasteiger partial charge in [-0.3, -0.25) is 9.20 Å². The highest BCUT2D eigenvalue weighted by Crippen LogP contribution is 2.20. The molecule has 0 aliphatic rings. The molecule has 3 aromatic rings. The molecule has 5 heteroatoms. The summed E-state index contributed by atoms with van der Waals surface area (Å²) < 4.78 is 12.6. The molecule has 0 aliphatic carbocycles. The lowest BCUT2D eigenvalue weighted by Crippen LogP contribution is -1.99. The highest BCUT2D eigenvalue weighted by Gasteiger charge is 2.12. The molecule has 1 aromatic carbocycles. The Morgan fingerprint density at radius 1 is 1.24 bits per heavy atom. The summed E-state index contributed by atoms with van der Waals surface area (Å²) in [5.74, 6) is 1.10. The topological polar surface area (TPSA) is 52.8 Å². The smallest absolute Gasteiger partial charge is 0.244 e. The first-order valence-electron chi connectivity index (χ1n) is 6.50. The van der Waals surface area contributed by atoms with Crippen LogP contribution in [0.1, 0.15) is 16.1 Å². The van der Waals surface area contributed by atoms with E-state index in [1.165, 1.54) is 0 Å². The van der Waals surface area contributed by atoms with Crippen molar-refractivity contribution in [1.29, 1.82) is 0 Å². The van der Waals surface area contributed by atoms with Crippen molar-refractivity contribution in [2.75, 3.05) is 7.11 Å². The van der Waals surface area contributed by atoms with Gasteiger partial charge in [-0.1, -0.05) is 18.2 Å². The van der Waals surface area contributed by atoms with Crippen molar-refractivity contribution in [2.45, 2.75) is 6.61 Å². The molecule has 0 spiro atoms. The van der Waals surface area contributed by atoms with Crippen molar-refractivity contribution in [3.05, 3.63) is 59.9 Å². The largest absolute Gasteiger partial charge is 0.497 e. The first-order valence-corrected chi connectivity index (χ1v) is 6.50. The number of imidazole rings is 1. The number of carbonyl (C=O) groups excluding carboxylic acids is 1. The third-order valence-corrected chi connectivity index (χ3v) is 3.15. The van der Waals surface area contributed by atoms with E-state index in [2.05, 4.69) is 4.98 Å². The predicted molar refractivity (Wildman–Crippen MR) is 77.9 cm³/mol. The standard InChI is InChI=1S/C16H14N2O3/c1-20-13-6-4-5-12(9-13)11-21-16-14(10-19)18-8-3-2-7-15(18)17-16/h2-10H,11H2,1H3. The fourth-order valence-corrected chi connectivity index (χ4v) is 2.12. The summed E-state index contributed by atoms with van der Waals surface area (Å²) in [7, 11) is 1.62. The molecule has 0 unspecified atom stereocenters.